The first-order valence-corrected chi connectivity index (χ1v) is 9.33. The molecule has 1 aromatic carbocycles. The smallest absolute Gasteiger partial charge is 0.244 e. The van der Waals surface area contributed by atoms with E-state index in [9.17, 15) is 8.42 Å². The van der Waals surface area contributed by atoms with Crippen LogP contribution in [0.3, 0.4) is 0 Å². The predicted octanol–water partition coefficient (Wildman–Crippen LogP) is 2.81. The SMILES string of the molecule is C#CCN([C@H](C)CS)S(=O)(=O)c1ccc(OCCCC)cc1. The fourth-order valence-corrected chi connectivity index (χ4v) is 3.69. The molecule has 1 atom stereocenters. The Labute approximate surface area is 139 Å². The lowest BCUT2D eigenvalue weighted by atomic mass is 10.3. The molecule has 0 heterocycles. The lowest BCUT2D eigenvalue weighted by Gasteiger charge is -2.25. The molecule has 6 heteroatoms. The van der Waals surface area contributed by atoms with Crippen LogP contribution in [0.2, 0.25) is 0 Å². The van der Waals surface area contributed by atoms with Crippen molar-refractivity contribution >= 4 is 22.7 Å². The first-order valence-electron chi connectivity index (χ1n) is 7.26. The minimum atomic E-state index is -3.63. The van der Waals surface area contributed by atoms with Gasteiger partial charge in [-0.25, -0.2) is 8.42 Å². The third kappa shape index (κ3) is 4.94. The van der Waals surface area contributed by atoms with Crippen LogP contribution in [-0.4, -0.2) is 37.7 Å². The molecule has 4 nitrogen and oxygen atoms in total. The van der Waals surface area contributed by atoms with Gasteiger partial charge < -0.3 is 4.74 Å². The van der Waals surface area contributed by atoms with Gasteiger partial charge in [0.25, 0.3) is 0 Å². The van der Waals surface area contributed by atoms with Crippen LogP contribution in [-0.2, 0) is 10.0 Å². The molecular formula is C16H23NO3S2. The Morgan fingerprint density at radius 2 is 2.00 bits per heavy atom. The van der Waals surface area contributed by atoms with E-state index in [-0.39, 0.29) is 17.5 Å². The van der Waals surface area contributed by atoms with Crippen molar-refractivity contribution < 1.29 is 13.2 Å². The number of rotatable bonds is 9. The number of unbranched alkanes of at least 4 members (excludes halogenated alkanes) is 1. The summed E-state index contributed by atoms with van der Waals surface area (Å²) in [6, 6.07) is 6.16. The van der Waals surface area contributed by atoms with Crippen LogP contribution >= 0.6 is 12.6 Å². The first kappa shape index (κ1) is 18.9. The second kappa shape index (κ2) is 9.09. The molecular weight excluding hydrogens is 318 g/mol. The van der Waals surface area contributed by atoms with E-state index >= 15 is 0 Å². The predicted molar refractivity (Wildman–Crippen MR) is 92.9 cm³/mol. The molecule has 122 valence electrons. The van der Waals surface area contributed by atoms with Gasteiger partial charge in [-0.1, -0.05) is 19.3 Å². The van der Waals surface area contributed by atoms with Gasteiger partial charge in [0.1, 0.15) is 5.75 Å². The summed E-state index contributed by atoms with van der Waals surface area (Å²) in [4.78, 5) is 0.208. The lowest BCUT2D eigenvalue weighted by Crippen LogP contribution is -2.39. The van der Waals surface area contributed by atoms with Gasteiger partial charge in [-0.2, -0.15) is 16.9 Å². The van der Waals surface area contributed by atoms with Crippen LogP contribution < -0.4 is 4.74 Å². The highest BCUT2D eigenvalue weighted by molar-refractivity contribution is 7.89. The van der Waals surface area contributed by atoms with Crippen LogP contribution in [0.4, 0.5) is 0 Å². The molecule has 22 heavy (non-hydrogen) atoms. The van der Waals surface area contributed by atoms with Gasteiger partial charge in [-0.3, -0.25) is 0 Å². The highest BCUT2D eigenvalue weighted by Crippen LogP contribution is 2.21. The summed E-state index contributed by atoms with van der Waals surface area (Å²) in [5.41, 5.74) is 0. The Morgan fingerprint density at radius 1 is 1.36 bits per heavy atom. The second-order valence-corrected chi connectivity index (χ2v) is 7.22. The standard InChI is InChI=1S/C16H23NO3S2/c1-4-6-12-20-15-7-9-16(10-8-15)22(18,19)17(11-5-2)14(3)13-21/h2,7-10,14,21H,4,6,11-13H2,1,3H3/t14-/m1/s1. The van der Waals surface area contributed by atoms with Crippen molar-refractivity contribution in [3.05, 3.63) is 24.3 Å². The van der Waals surface area contributed by atoms with Gasteiger partial charge in [-0.05, 0) is 37.6 Å². The molecule has 0 bridgehead atoms. The van der Waals surface area contributed by atoms with Crippen LogP contribution in [0, 0.1) is 12.3 Å². The van der Waals surface area contributed by atoms with E-state index in [2.05, 4.69) is 25.5 Å². The summed E-state index contributed by atoms with van der Waals surface area (Å²) in [5, 5.41) is 0. The molecule has 0 aliphatic rings. The van der Waals surface area contributed by atoms with Crippen LogP contribution in [0.25, 0.3) is 0 Å². The van der Waals surface area contributed by atoms with Crippen LogP contribution in [0.1, 0.15) is 26.7 Å². The topological polar surface area (TPSA) is 46.6 Å². The molecule has 0 spiro atoms. The van der Waals surface area contributed by atoms with Crippen LogP contribution in [0.5, 0.6) is 5.75 Å². The number of terminal acetylenes is 1. The monoisotopic (exact) mass is 341 g/mol. The van der Waals surface area contributed by atoms with E-state index in [1.807, 2.05) is 0 Å². The number of sulfonamides is 1. The van der Waals surface area contributed by atoms with Crippen molar-refractivity contribution in [1.29, 1.82) is 0 Å². The Kier molecular flexibility index (Phi) is 7.80. The summed E-state index contributed by atoms with van der Waals surface area (Å²) in [6.45, 7) is 4.52. The highest BCUT2D eigenvalue weighted by atomic mass is 32.2. The molecule has 0 amide bonds. The Balaban J connectivity index is 2.94. The number of thiol groups is 1. The molecule has 0 N–H and O–H groups in total. The molecule has 1 rings (SSSR count). The maximum atomic E-state index is 12.6. The molecule has 0 aliphatic carbocycles. The highest BCUT2D eigenvalue weighted by Gasteiger charge is 2.27. The molecule has 0 aromatic heterocycles. The van der Waals surface area contributed by atoms with Crippen molar-refractivity contribution in [1.82, 2.24) is 4.31 Å². The van der Waals surface area contributed by atoms with E-state index in [1.165, 1.54) is 4.31 Å². The Bertz CT molecular complexity index is 591. The number of benzene rings is 1. The number of hydrogen-bond acceptors (Lipinski definition) is 4. The molecule has 0 saturated carbocycles. The van der Waals surface area contributed by atoms with Gasteiger partial charge in [0.05, 0.1) is 18.0 Å². The van der Waals surface area contributed by atoms with Crippen molar-refractivity contribution in [3.63, 3.8) is 0 Å². The summed E-state index contributed by atoms with van der Waals surface area (Å²) >= 11 is 4.16. The molecule has 0 aliphatic heterocycles. The van der Waals surface area contributed by atoms with Crippen molar-refractivity contribution in [2.75, 3.05) is 18.9 Å². The summed E-state index contributed by atoms with van der Waals surface area (Å²) in [7, 11) is -3.63. The Morgan fingerprint density at radius 3 is 2.50 bits per heavy atom. The van der Waals surface area contributed by atoms with E-state index < -0.39 is 10.0 Å². The van der Waals surface area contributed by atoms with E-state index in [0.29, 0.717) is 18.1 Å². The summed E-state index contributed by atoms with van der Waals surface area (Å²) in [6.07, 6.45) is 7.31. The first-order chi connectivity index (χ1) is 10.5. The van der Waals surface area contributed by atoms with Gasteiger partial charge in [0.2, 0.25) is 10.0 Å². The lowest BCUT2D eigenvalue weighted by molar-refractivity contribution is 0.309. The minimum absolute atomic E-state index is 0.0266. The number of hydrogen-bond donors (Lipinski definition) is 1. The van der Waals surface area contributed by atoms with E-state index in [0.717, 1.165) is 12.8 Å². The Hall–Kier alpha value is -1.16. The average molecular weight is 341 g/mol. The van der Waals surface area contributed by atoms with Gasteiger partial charge in [0, 0.05) is 11.8 Å². The average Bonchev–Trinajstić information content (AvgIpc) is 2.52. The third-order valence-corrected chi connectivity index (χ3v) is 5.70. The fraction of sp³-hybridized carbons (Fsp3) is 0.500. The third-order valence-electron chi connectivity index (χ3n) is 3.20. The number of ether oxygens (including phenoxy) is 1. The summed E-state index contributed by atoms with van der Waals surface area (Å²) in [5.74, 6) is 3.46. The van der Waals surface area contributed by atoms with E-state index in [1.54, 1.807) is 31.2 Å². The quantitative estimate of drug-likeness (QED) is 0.427. The molecule has 0 saturated heterocycles. The number of nitrogens with zero attached hydrogens (tertiary/aromatic N) is 1. The molecule has 0 fully saturated rings. The van der Waals surface area contributed by atoms with Crippen molar-refractivity contribution in [2.45, 2.75) is 37.6 Å². The van der Waals surface area contributed by atoms with Gasteiger partial charge in [0.15, 0.2) is 0 Å². The molecule has 0 unspecified atom stereocenters. The van der Waals surface area contributed by atoms with E-state index in [4.69, 9.17) is 11.2 Å². The summed E-state index contributed by atoms with van der Waals surface area (Å²) < 4.78 is 32.1. The van der Waals surface area contributed by atoms with Gasteiger partial charge >= 0.3 is 0 Å². The van der Waals surface area contributed by atoms with Gasteiger partial charge in [-0.15, -0.1) is 6.42 Å². The molecule has 1 aromatic rings. The maximum Gasteiger partial charge on any atom is 0.244 e. The second-order valence-electron chi connectivity index (χ2n) is 4.96. The minimum Gasteiger partial charge on any atom is -0.494 e. The largest absolute Gasteiger partial charge is 0.494 e. The zero-order valence-electron chi connectivity index (χ0n) is 13.0. The fourth-order valence-electron chi connectivity index (χ4n) is 1.84. The normalized spacial score (nSPS) is 12.9. The van der Waals surface area contributed by atoms with Crippen molar-refractivity contribution in [3.8, 4) is 18.1 Å². The zero-order valence-corrected chi connectivity index (χ0v) is 14.7. The van der Waals surface area contributed by atoms with Crippen molar-refractivity contribution in [2.24, 2.45) is 0 Å². The zero-order chi connectivity index (χ0) is 16.6. The van der Waals surface area contributed by atoms with Crippen LogP contribution in [0.15, 0.2) is 29.2 Å². The maximum absolute atomic E-state index is 12.6. The molecule has 0 radical (unpaired) electrons.